The molecule has 0 spiro atoms. The highest BCUT2D eigenvalue weighted by Crippen LogP contribution is 2.68. The van der Waals surface area contributed by atoms with Gasteiger partial charge in [0.15, 0.2) is 0 Å². The van der Waals surface area contributed by atoms with Gasteiger partial charge in [-0.05, 0) is 94.9 Å². The van der Waals surface area contributed by atoms with E-state index in [1.165, 1.54) is 52.7 Å². The Morgan fingerprint density at radius 3 is 2.10 bits per heavy atom. The molecule has 1 fully saturated rings. The Kier molecular flexibility index (Phi) is 3.98. The standard InChI is InChI=1S/C28H32O2/c1-17-14-23-24(27(4,5)13-12-26(23,2)3)15-22(17)28-16-20(28)10-11-21(28)18-6-8-19(9-7-18)25(29)30/h6-9,11,14-15,20H,10,12-13,16H2,1-5H3,(H,29,30). The summed E-state index contributed by atoms with van der Waals surface area (Å²) in [5.41, 5.74) is 9.47. The SMILES string of the molecule is Cc1cc2c(cc1C13CC1CC=C3c1ccc(C(=O)O)cc1)C(C)(C)CCC2(C)C. The van der Waals surface area contributed by atoms with Crippen molar-refractivity contribution in [3.05, 3.63) is 75.9 Å². The zero-order chi connectivity index (χ0) is 21.5. The number of rotatable bonds is 3. The lowest BCUT2D eigenvalue weighted by Crippen LogP contribution is -2.34. The van der Waals surface area contributed by atoms with Crippen LogP contribution in [0, 0.1) is 12.8 Å². The van der Waals surface area contributed by atoms with Crippen molar-refractivity contribution in [3.63, 3.8) is 0 Å². The van der Waals surface area contributed by atoms with Crippen molar-refractivity contribution < 1.29 is 9.90 Å². The number of carbonyl (C=O) groups is 1. The van der Waals surface area contributed by atoms with Gasteiger partial charge in [-0.3, -0.25) is 0 Å². The van der Waals surface area contributed by atoms with E-state index in [4.69, 9.17) is 0 Å². The molecule has 0 aliphatic heterocycles. The summed E-state index contributed by atoms with van der Waals surface area (Å²) >= 11 is 0. The molecule has 0 bridgehead atoms. The lowest BCUT2D eigenvalue weighted by Gasteiger charge is -2.43. The summed E-state index contributed by atoms with van der Waals surface area (Å²) in [5.74, 6) is -0.181. The van der Waals surface area contributed by atoms with Crippen molar-refractivity contribution in [2.24, 2.45) is 5.92 Å². The molecule has 0 aromatic heterocycles. The molecular weight excluding hydrogens is 368 g/mol. The molecule has 3 aliphatic carbocycles. The van der Waals surface area contributed by atoms with Crippen LogP contribution in [0.5, 0.6) is 0 Å². The number of allylic oxidation sites excluding steroid dienone is 2. The van der Waals surface area contributed by atoms with Crippen molar-refractivity contribution in [2.45, 2.75) is 76.5 Å². The highest BCUT2D eigenvalue weighted by molar-refractivity contribution is 5.89. The van der Waals surface area contributed by atoms with Crippen LogP contribution < -0.4 is 0 Å². The Hall–Kier alpha value is -2.35. The Balaban J connectivity index is 1.62. The zero-order valence-electron chi connectivity index (χ0n) is 18.8. The molecule has 2 aromatic carbocycles. The molecule has 2 heteroatoms. The minimum atomic E-state index is -0.864. The minimum Gasteiger partial charge on any atom is -0.478 e. The lowest BCUT2D eigenvalue weighted by atomic mass is 9.62. The minimum absolute atomic E-state index is 0.113. The van der Waals surface area contributed by atoms with E-state index in [1.54, 1.807) is 12.1 Å². The van der Waals surface area contributed by atoms with Gasteiger partial charge in [0.2, 0.25) is 0 Å². The molecular formula is C28H32O2. The highest BCUT2D eigenvalue weighted by Gasteiger charge is 2.61. The molecule has 3 aliphatic rings. The first-order chi connectivity index (χ1) is 14.1. The van der Waals surface area contributed by atoms with E-state index >= 15 is 0 Å². The maximum absolute atomic E-state index is 11.3. The Labute approximate surface area is 180 Å². The number of aromatic carboxylic acids is 1. The first-order valence-corrected chi connectivity index (χ1v) is 11.3. The van der Waals surface area contributed by atoms with Gasteiger partial charge in [-0.25, -0.2) is 4.79 Å². The van der Waals surface area contributed by atoms with Crippen LogP contribution in [0.15, 0.2) is 42.5 Å². The van der Waals surface area contributed by atoms with Crippen molar-refractivity contribution in [1.29, 1.82) is 0 Å². The third kappa shape index (κ3) is 2.65. The normalized spacial score (nSPS) is 27.8. The van der Waals surface area contributed by atoms with E-state index in [0.29, 0.717) is 11.5 Å². The number of hydrogen-bond donors (Lipinski definition) is 1. The van der Waals surface area contributed by atoms with E-state index in [2.05, 4.69) is 52.8 Å². The quantitative estimate of drug-likeness (QED) is 0.616. The van der Waals surface area contributed by atoms with Crippen LogP contribution >= 0.6 is 0 Å². The molecule has 0 amide bonds. The fourth-order valence-corrected chi connectivity index (χ4v) is 6.23. The van der Waals surface area contributed by atoms with Crippen LogP contribution in [0.1, 0.15) is 91.6 Å². The molecule has 156 valence electrons. The zero-order valence-corrected chi connectivity index (χ0v) is 18.8. The first-order valence-electron chi connectivity index (χ1n) is 11.3. The average molecular weight is 401 g/mol. The summed E-state index contributed by atoms with van der Waals surface area (Å²) in [5, 5.41) is 9.26. The first kappa shape index (κ1) is 19.6. The Morgan fingerprint density at radius 2 is 1.53 bits per heavy atom. The van der Waals surface area contributed by atoms with E-state index in [1.807, 2.05) is 12.1 Å². The monoisotopic (exact) mass is 400 g/mol. The number of carboxylic acid groups (broad SMARTS) is 1. The summed E-state index contributed by atoms with van der Waals surface area (Å²) in [4.78, 5) is 11.3. The Morgan fingerprint density at radius 1 is 0.933 bits per heavy atom. The summed E-state index contributed by atoms with van der Waals surface area (Å²) < 4.78 is 0. The van der Waals surface area contributed by atoms with Crippen molar-refractivity contribution in [2.75, 3.05) is 0 Å². The molecule has 0 radical (unpaired) electrons. The lowest BCUT2D eigenvalue weighted by molar-refractivity contribution is 0.0697. The van der Waals surface area contributed by atoms with Gasteiger partial charge in [0.05, 0.1) is 5.56 Å². The van der Waals surface area contributed by atoms with Crippen molar-refractivity contribution in [3.8, 4) is 0 Å². The molecule has 2 atom stereocenters. The summed E-state index contributed by atoms with van der Waals surface area (Å²) in [7, 11) is 0. The van der Waals surface area contributed by atoms with Crippen LogP contribution in [-0.4, -0.2) is 11.1 Å². The average Bonchev–Trinajstić information content (AvgIpc) is 3.30. The van der Waals surface area contributed by atoms with Gasteiger partial charge in [0.1, 0.15) is 0 Å². The van der Waals surface area contributed by atoms with E-state index in [9.17, 15) is 9.90 Å². The smallest absolute Gasteiger partial charge is 0.335 e. The van der Waals surface area contributed by atoms with Gasteiger partial charge in [-0.2, -0.15) is 0 Å². The fourth-order valence-electron chi connectivity index (χ4n) is 6.23. The summed E-state index contributed by atoms with van der Waals surface area (Å²) in [6.45, 7) is 11.9. The second-order valence-corrected chi connectivity index (χ2v) is 11.1. The van der Waals surface area contributed by atoms with E-state index < -0.39 is 5.97 Å². The number of hydrogen-bond acceptors (Lipinski definition) is 1. The van der Waals surface area contributed by atoms with Gasteiger partial charge >= 0.3 is 5.97 Å². The largest absolute Gasteiger partial charge is 0.478 e. The molecule has 5 rings (SSSR count). The molecule has 2 aromatic rings. The maximum atomic E-state index is 11.3. The predicted molar refractivity (Wildman–Crippen MR) is 122 cm³/mol. The third-order valence-electron chi connectivity index (χ3n) is 8.31. The van der Waals surface area contributed by atoms with Gasteiger partial charge in [0.25, 0.3) is 0 Å². The summed E-state index contributed by atoms with van der Waals surface area (Å²) in [6, 6.07) is 12.5. The van der Waals surface area contributed by atoms with Crippen LogP contribution in [-0.2, 0) is 16.2 Å². The van der Waals surface area contributed by atoms with E-state index in [0.717, 1.165) is 6.42 Å². The van der Waals surface area contributed by atoms with Crippen LogP contribution in [0.3, 0.4) is 0 Å². The molecule has 0 heterocycles. The predicted octanol–water partition coefficient (Wildman–Crippen LogP) is 6.79. The van der Waals surface area contributed by atoms with Gasteiger partial charge in [-0.1, -0.05) is 58.0 Å². The molecule has 2 unspecified atom stereocenters. The van der Waals surface area contributed by atoms with Gasteiger partial charge < -0.3 is 5.11 Å². The highest BCUT2D eigenvalue weighted by atomic mass is 16.4. The topological polar surface area (TPSA) is 37.3 Å². The van der Waals surface area contributed by atoms with E-state index in [-0.39, 0.29) is 16.2 Å². The number of carboxylic acids is 1. The number of fused-ring (bicyclic) bond motifs is 2. The molecule has 30 heavy (non-hydrogen) atoms. The summed E-state index contributed by atoms with van der Waals surface area (Å²) in [6.07, 6.45) is 7.20. The Bertz CT molecular complexity index is 1080. The van der Waals surface area contributed by atoms with Gasteiger partial charge in [-0.15, -0.1) is 0 Å². The molecule has 2 nitrogen and oxygen atoms in total. The number of aryl methyl sites for hydroxylation is 1. The van der Waals surface area contributed by atoms with Crippen molar-refractivity contribution >= 4 is 11.5 Å². The third-order valence-corrected chi connectivity index (χ3v) is 8.31. The molecule has 1 N–H and O–H groups in total. The van der Waals surface area contributed by atoms with Crippen LogP contribution in [0.4, 0.5) is 0 Å². The second-order valence-electron chi connectivity index (χ2n) is 11.1. The van der Waals surface area contributed by atoms with Crippen LogP contribution in [0.25, 0.3) is 5.57 Å². The fraction of sp³-hybridized carbons (Fsp3) is 0.464. The van der Waals surface area contributed by atoms with Crippen LogP contribution in [0.2, 0.25) is 0 Å². The van der Waals surface area contributed by atoms with Gasteiger partial charge in [0, 0.05) is 5.41 Å². The second kappa shape index (κ2) is 6.09. The number of benzene rings is 2. The maximum Gasteiger partial charge on any atom is 0.335 e. The van der Waals surface area contributed by atoms with Crippen molar-refractivity contribution in [1.82, 2.24) is 0 Å². The molecule has 0 saturated heterocycles. The molecule has 1 saturated carbocycles.